The predicted molar refractivity (Wildman–Crippen MR) is 119 cm³/mol. The molecule has 9 heteroatoms. The smallest absolute Gasteiger partial charge is 0.191 e. The van der Waals surface area contributed by atoms with Crippen LogP contribution in [0.15, 0.2) is 40.7 Å². The maximum absolute atomic E-state index is 5.39. The van der Waals surface area contributed by atoms with Gasteiger partial charge in [-0.1, -0.05) is 12.1 Å². The second-order valence-corrected chi connectivity index (χ2v) is 7.72. The Morgan fingerprint density at radius 2 is 1.97 bits per heavy atom. The van der Waals surface area contributed by atoms with Crippen LogP contribution in [0.25, 0.3) is 0 Å². The molecule has 160 valence electrons. The lowest BCUT2D eigenvalue weighted by atomic mass is 10.2. The molecule has 1 aromatic carbocycles. The number of aromatic nitrogens is 3. The van der Waals surface area contributed by atoms with Crippen LogP contribution in [0.5, 0.6) is 11.5 Å². The molecule has 30 heavy (non-hydrogen) atoms. The fraction of sp³-hybridized carbons (Fsp3) is 0.381. The zero-order chi connectivity index (χ0) is 21.3. The third-order valence-electron chi connectivity index (χ3n) is 4.71. The summed E-state index contributed by atoms with van der Waals surface area (Å²) in [6.07, 6.45) is 0.942. The Balaban J connectivity index is 1.67. The number of rotatable bonds is 9. The number of hydrogen-bond acceptors (Lipinski definition) is 6. The summed E-state index contributed by atoms with van der Waals surface area (Å²) in [5.41, 5.74) is 1.03. The van der Waals surface area contributed by atoms with Crippen LogP contribution < -0.4 is 20.1 Å². The van der Waals surface area contributed by atoms with Crippen molar-refractivity contribution in [3.05, 3.63) is 57.8 Å². The average Bonchev–Trinajstić information content (AvgIpc) is 3.40. The normalized spacial score (nSPS) is 11.4. The van der Waals surface area contributed by atoms with E-state index >= 15 is 0 Å². The Kier molecular flexibility index (Phi) is 7.67. The summed E-state index contributed by atoms with van der Waals surface area (Å²) in [5.74, 6) is 3.85. The highest BCUT2D eigenvalue weighted by molar-refractivity contribution is 7.09. The first kappa shape index (κ1) is 21.6. The molecule has 0 aliphatic heterocycles. The second kappa shape index (κ2) is 10.6. The van der Waals surface area contributed by atoms with Gasteiger partial charge in [0, 0.05) is 18.5 Å². The summed E-state index contributed by atoms with van der Waals surface area (Å²) in [4.78, 5) is 6.08. The van der Waals surface area contributed by atoms with Gasteiger partial charge in [0.25, 0.3) is 0 Å². The first-order valence-corrected chi connectivity index (χ1v) is 10.6. The summed E-state index contributed by atoms with van der Waals surface area (Å²) in [7, 11) is 5.22. The number of aliphatic imine (C=N–C) groups is 1. The van der Waals surface area contributed by atoms with Crippen LogP contribution >= 0.6 is 11.3 Å². The van der Waals surface area contributed by atoms with Gasteiger partial charge in [0.05, 0.1) is 27.3 Å². The molecule has 3 rings (SSSR count). The van der Waals surface area contributed by atoms with Crippen molar-refractivity contribution in [3.8, 4) is 11.5 Å². The van der Waals surface area contributed by atoms with E-state index in [1.165, 1.54) is 4.88 Å². The molecule has 0 spiro atoms. The summed E-state index contributed by atoms with van der Waals surface area (Å²) in [6.45, 7) is 3.76. The molecule has 2 aromatic heterocycles. The molecule has 0 saturated carbocycles. The van der Waals surface area contributed by atoms with Gasteiger partial charge in [-0.3, -0.25) is 0 Å². The van der Waals surface area contributed by atoms with Gasteiger partial charge in [0.15, 0.2) is 23.3 Å². The van der Waals surface area contributed by atoms with Crippen molar-refractivity contribution in [2.24, 2.45) is 12.0 Å². The predicted octanol–water partition coefficient (Wildman–Crippen LogP) is 2.68. The Bertz CT molecular complexity index is 968. The van der Waals surface area contributed by atoms with Crippen molar-refractivity contribution in [1.29, 1.82) is 0 Å². The first-order valence-electron chi connectivity index (χ1n) is 9.71. The van der Waals surface area contributed by atoms with Crippen molar-refractivity contribution in [1.82, 2.24) is 25.4 Å². The van der Waals surface area contributed by atoms with Gasteiger partial charge in [-0.25, -0.2) is 4.99 Å². The van der Waals surface area contributed by atoms with Crippen LogP contribution in [0.3, 0.4) is 0 Å². The zero-order valence-corrected chi connectivity index (χ0v) is 18.6. The highest BCUT2D eigenvalue weighted by Gasteiger charge is 2.08. The molecule has 2 N–H and O–H groups in total. The number of nitrogens with zero attached hydrogens (tertiary/aromatic N) is 4. The SMILES string of the molecule is COc1ccc(CN=C(NCCc2cccs2)NCc2nnc(C)n2C)cc1OC. The van der Waals surface area contributed by atoms with Crippen LogP contribution in [-0.4, -0.2) is 41.5 Å². The summed E-state index contributed by atoms with van der Waals surface area (Å²) in [5, 5.41) is 17.2. The van der Waals surface area contributed by atoms with Gasteiger partial charge in [-0.15, -0.1) is 21.5 Å². The Hall–Kier alpha value is -3.07. The van der Waals surface area contributed by atoms with Crippen molar-refractivity contribution in [2.45, 2.75) is 26.4 Å². The molecule has 0 amide bonds. The molecular formula is C21H28N6O2S. The van der Waals surface area contributed by atoms with Crippen molar-refractivity contribution < 1.29 is 9.47 Å². The van der Waals surface area contributed by atoms with Gasteiger partial charge in [0.2, 0.25) is 0 Å². The van der Waals surface area contributed by atoms with Gasteiger partial charge in [-0.05, 0) is 42.5 Å². The Morgan fingerprint density at radius 3 is 2.63 bits per heavy atom. The molecule has 0 fully saturated rings. The van der Waals surface area contributed by atoms with Crippen molar-refractivity contribution in [2.75, 3.05) is 20.8 Å². The highest BCUT2D eigenvalue weighted by Crippen LogP contribution is 2.27. The van der Waals surface area contributed by atoms with E-state index < -0.39 is 0 Å². The van der Waals surface area contributed by atoms with E-state index in [4.69, 9.17) is 14.5 Å². The maximum Gasteiger partial charge on any atom is 0.191 e. The summed E-state index contributed by atoms with van der Waals surface area (Å²) >= 11 is 1.76. The molecule has 0 aliphatic carbocycles. The standard InChI is InChI=1S/C21H28N6O2S/c1-15-25-26-20(27(15)2)14-24-21(22-10-9-17-6-5-11-30-17)23-13-16-7-8-18(28-3)19(12-16)29-4/h5-8,11-12H,9-10,13-14H2,1-4H3,(H2,22,23,24). The van der Waals surface area contributed by atoms with Crippen molar-refractivity contribution in [3.63, 3.8) is 0 Å². The number of ether oxygens (including phenoxy) is 2. The van der Waals surface area contributed by atoms with Crippen molar-refractivity contribution >= 4 is 17.3 Å². The van der Waals surface area contributed by atoms with E-state index in [1.807, 2.05) is 36.7 Å². The third-order valence-corrected chi connectivity index (χ3v) is 5.64. The van der Waals surface area contributed by atoms with Gasteiger partial charge >= 0.3 is 0 Å². The maximum atomic E-state index is 5.39. The number of thiophene rings is 1. The Morgan fingerprint density at radius 1 is 1.13 bits per heavy atom. The first-order chi connectivity index (χ1) is 14.6. The number of hydrogen-bond donors (Lipinski definition) is 2. The lowest BCUT2D eigenvalue weighted by molar-refractivity contribution is 0.354. The molecule has 0 radical (unpaired) electrons. The minimum Gasteiger partial charge on any atom is -0.493 e. The quantitative estimate of drug-likeness (QED) is 0.403. The van der Waals surface area contributed by atoms with E-state index in [0.717, 1.165) is 36.1 Å². The minimum absolute atomic E-state index is 0.506. The molecule has 8 nitrogen and oxygen atoms in total. The van der Waals surface area contributed by atoms with Crippen LogP contribution in [0.1, 0.15) is 22.1 Å². The van der Waals surface area contributed by atoms with Crippen LogP contribution in [0.4, 0.5) is 0 Å². The number of methoxy groups -OCH3 is 2. The van der Waals surface area contributed by atoms with Gasteiger partial charge in [0.1, 0.15) is 5.82 Å². The van der Waals surface area contributed by atoms with E-state index in [1.54, 1.807) is 25.6 Å². The largest absolute Gasteiger partial charge is 0.493 e. The molecule has 0 saturated heterocycles. The number of nitrogens with one attached hydrogen (secondary N) is 2. The number of benzene rings is 1. The fourth-order valence-electron chi connectivity index (χ4n) is 2.85. The highest BCUT2D eigenvalue weighted by atomic mass is 32.1. The van der Waals surface area contributed by atoms with Gasteiger partial charge < -0.3 is 24.7 Å². The number of guanidine groups is 1. The Labute approximate surface area is 181 Å². The lowest BCUT2D eigenvalue weighted by Gasteiger charge is -2.13. The van der Waals surface area contributed by atoms with E-state index in [9.17, 15) is 0 Å². The average molecular weight is 429 g/mol. The van der Waals surface area contributed by atoms with E-state index in [2.05, 4.69) is 38.3 Å². The van der Waals surface area contributed by atoms with Crippen LogP contribution in [-0.2, 0) is 26.6 Å². The minimum atomic E-state index is 0.506. The second-order valence-electron chi connectivity index (χ2n) is 6.69. The summed E-state index contributed by atoms with van der Waals surface area (Å²) < 4.78 is 12.7. The van der Waals surface area contributed by atoms with Crippen LogP contribution in [0, 0.1) is 6.92 Å². The molecule has 0 unspecified atom stereocenters. The van der Waals surface area contributed by atoms with Crippen LogP contribution in [0.2, 0.25) is 0 Å². The molecule has 0 bridgehead atoms. The van der Waals surface area contributed by atoms with Gasteiger partial charge in [-0.2, -0.15) is 0 Å². The monoisotopic (exact) mass is 428 g/mol. The third kappa shape index (κ3) is 5.73. The fourth-order valence-corrected chi connectivity index (χ4v) is 3.56. The zero-order valence-electron chi connectivity index (χ0n) is 17.8. The summed E-state index contributed by atoms with van der Waals surface area (Å²) in [6, 6.07) is 10.0. The number of aryl methyl sites for hydroxylation is 1. The van der Waals surface area contributed by atoms with E-state index in [0.29, 0.717) is 24.6 Å². The molecule has 2 heterocycles. The molecule has 0 atom stereocenters. The molecule has 0 aliphatic rings. The lowest BCUT2D eigenvalue weighted by Crippen LogP contribution is -2.38. The molecule has 3 aromatic rings. The van der Waals surface area contributed by atoms with E-state index in [-0.39, 0.29) is 0 Å². The topological polar surface area (TPSA) is 85.6 Å². The molecular weight excluding hydrogens is 400 g/mol.